The standard InChI is InChI=1S/C25H34ClN3O4S/c1-4-17-27-25(31)23(5-2)28(19-20-12-9-10-15-22(20)26)24(30)16-11-18-29(34(3,32)33)21-13-7-6-8-14-21/h6-10,12-15,23H,4-5,11,16-19H2,1-3H3,(H,27,31). The van der Waals surface area contributed by atoms with E-state index < -0.39 is 16.1 Å². The van der Waals surface area contributed by atoms with Crippen LogP contribution in [0.4, 0.5) is 5.69 Å². The van der Waals surface area contributed by atoms with E-state index in [1.807, 2.05) is 38.1 Å². The number of sulfonamides is 1. The normalized spacial score (nSPS) is 12.1. The molecule has 2 aromatic carbocycles. The molecule has 0 aliphatic heterocycles. The third-order valence-electron chi connectivity index (χ3n) is 5.43. The van der Waals surface area contributed by atoms with E-state index in [0.717, 1.165) is 18.2 Å². The predicted octanol–water partition coefficient (Wildman–Crippen LogP) is 4.22. The Bertz CT molecular complexity index is 1050. The van der Waals surface area contributed by atoms with Crippen molar-refractivity contribution >= 4 is 39.1 Å². The third-order valence-corrected chi connectivity index (χ3v) is 6.99. The summed E-state index contributed by atoms with van der Waals surface area (Å²) in [4.78, 5) is 27.7. The Morgan fingerprint density at radius 2 is 1.68 bits per heavy atom. The van der Waals surface area contributed by atoms with Crippen LogP contribution in [0.15, 0.2) is 54.6 Å². The molecular formula is C25H34ClN3O4S. The molecule has 1 unspecified atom stereocenters. The number of halogens is 1. The number of hydrogen-bond acceptors (Lipinski definition) is 4. The second-order valence-electron chi connectivity index (χ2n) is 8.10. The second-order valence-corrected chi connectivity index (χ2v) is 10.4. The van der Waals surface area contributed by atoms with Gasteiger partial charge in [0, 0.05) is 31.1 Å². The van der Waals surface area contributed by atoms with Crippen molar-refractivity contribution in [3.63, 3.8) is 0 Å². The number of carbonyl (C=O) groups excluding carboxylic acids is 2. The van der Waals surface area contributed by atoms with Crippen molar-refractivity contribution in [2.75, 3.05) is 23.7 Å². The monoisotopic (exact) mass is 507 g/mol. The number of hydrogen-bond donors (Lipinski definition) is 1. The zero-order valence-corrected chi connectivity index (χ0v) is 21.6. The predicted molar refractivity (Wildman–Crippen MR) is 137 cm³/mol. The van der Waals surface area contributed by atoms with Crippen LogP contribution in [-0.4, -0.2) is 50.5 Å². The fourth-order valence-corrected chi connectivity index (χ4v) is 4.85. The first-order valence-electron chi connectivity index (χ1n) is 11.5. The zero-order chi connectivity index (χ0) is 25.1. The van der Waals surface area contributed by atoms with Crippen LogP contribution in [0.3, 0.4) is 0 Å². The van der Waals surface area contributed by atoms with Crippen molar-refractivity contribution in [2.45, 2.75) is 52.1 Å². The van der Waals surface area contributed by atoms with Gasteiger partial charge in [-0.3, -0.25) is 13.9 Å². The van der Waals surface area contributed by atoms with E-state index in [1.165, 1.54) is 4.31 Å². The molecule has 9 heteroatoms. The van der Waals surface area contributed by atoms with Gasteiger partial charge in [0.25, 0.3) is 0 Å². The molecule has 1 atom stereocenters. The average Bonchev–Trinajstić information content (AvgIpc) is 2.81. The summed E-state index contributed by atoms with van der Waals surface area (Å²) >= 11 is 6.34. The SMILES string of the molecule is CCCNC(=O)C(CC)N(Cc1ccccc1Cl)C(=O)CCCN(c1ccccc1)S(C)(=O)=O. The summed E-state index contributed by atoms with van der Waals surface area (Å²) in [7, 11) is -3.51. The molecule has 186 valence electrons. The lowest BCUT2D eigenvalue weighted by Crippen LogP contribution is -2.49. The number of rotatable bonds is 13. The van der Waals surface area contributed by atoms with Gasteiger partial charge in [-0.15, -0.1) is 0 Å². The van der Waals surface area contributed by atoms with Crippen LogP contribution in [0.2, 0.25) is 5.02 Å². The highest BCUT2D eigenvalue weighted by atomic mass is 35.5. The molecule has 0 bridgehead atoms. The first kappa shape index (κ1) is 27.7. The summed E-state index contributed by atoms with van der Waals surface area (Å²) in [5.41, 5.74) is 1.30. The molecule has 0 saturated carbocycles. The maximum Gasteiger partial charge on any atom is 0.242 e. The third kappa shape index (κ3) is 8.02. The summed E-state index contributed by atoms with van der Waals surface area (Å²) in [6.07, 6.45) is 2.80. The van der Waals surface area contributed by atoms with Gasteiger partial charge in [-0.2, -0.15) is 0 Å². The van der Waals surface area contributed by atoms with Gasteiger partial charge in [0.1, 0.15) is 6.04 Å². The molecule has 2 aromatic rings. The van der Waals surface area contributed by atoms with E-state index in [0.29, 0.717) is 30.1 Å². The number of amides is 2. The van der Waals surface area contributed by atoms with Crippen LogP contribution >= 0.6 is 11.6 Å². The first-order valence-corrected chi connectivity index (χ1v) is 13.7. The molecule has 0 radical (unpaired) electrons. The van der Waals surface area contributed by atoms with Crippen LogP contribution in [0.1, 0.15) is 45.1 Å². The van der Waals surface area contributed by atoms with E-state index in [4.69, 9.17) is 11.6 Å². The van der Waals surface area contributed by atoms with E-state index in [1.54, 1.807) is 35.2 Å². The fourth-order valence-electron chi connectivity index (χ4n) is 3.69. The van der Waals surface area contributed by atoms with Gasteiger partial charge < -0.3 is 10.2 Å². The molecule has 0 heterocycles. The van der Waals surface area contributed by atoms with E-state index >= 15 is 0 Å². The zero-order valence-electron chi connectivity index (χ0n) is 20.0. The highest BCUT2D eigenvalue weighted by molar-refractivity contribution is 7.92. The van der Waals surface area contributed by atoms with Crippen LogP contribution in [0.25, 0.3) is 0 Å². The van der Waals surface area contributed by atoms with Crippen LogP contribution in [0.5, 0.6) is 0 Å². The summed E-state index contributed by atoms with van der Waals surface area (Å²) in [6.45, 7) is 4.72. The van der Waals surface area contributed by atoms with Gasteiger partial charge in [0.15, 0.2) is 0 Å². The van der Waals surface area contributed by atoms with E-state index in [9.17, 15) is 18.0 Å². The number of nitrogens with one attached hydrogen (secondary N) is 1. The first-order chi connectivity index (χ1) is 16.2. The summed E-state index contributed by atoms with van der Waals surface area (Å²) in [5.74, 6) is -0.424. The van der Waals surface area contributed by atoms with Gasteiger partial charge >= 0.3 is 0 Å². The molecule has 0 fully saturated rings. The topological polar surface area (TPSA) is 86.8 Å². The van der Waals surface area contributed by atoms with Crippen molar-refractivity contribution in [1.29, 1.82) is 0 Å². The Morgan fingerprint density at radius 1 is 1.03 bits per heavy atom. The summed E-state index contributed by atoms with van der Waals surface area (Å²) < 4.78 is 26.0. The van der Waals surface area contributed by atoms with Crippen molar-refractivity contribution in [2.24, 2.45) is 0 Å². The highest BCUT2D eigenvalue weighted by Crippen LogP contribution is 2.22. The van der Waals surface area contributed by atoms with E-state index in [2.05, 4.69) is 5.32 Å². The Kier molecular flexibility index (Phi) is 10.9. The Labute approximate surface area is 208 Å². The molecular weight excluding hydrogens is 474 g/mol. The van der Waals surface area contributed by atoms with Crippen molar-refractivity contribution in [1.82, 2.24) is 10.2 Å². The van der Waals surface area contributed by atoms with Crippen LogP contribution < -0.4 is 9.62 Å². The largest absolute Gasteiger partial charge is 0.354 e. The van der Waals surface area contributed by atoms with Crippen LogP contribution in [-0.2, 0) is 26.2 Å². The molecule has 34 heavy (non-hydrogen) atoms. The number of carbonyl (C=O) groups is 2. The number of anilines is 1. The second kappa shape index (κ2) is 13.3. The van der Waals surface area contributed by atoms with Gasteiger partial charge in [-0.1, -0.05) is 61.8 Å². The van der Waals surface area contributed by atoms with Crippen molar-refractivity contribution < 1.29 is 18.0 Å². The molecule has 7 nitrogen and oxygen atoms in total. The Hall–Kier alpha value is -2.58. The van der Waals surface area contributed by atoms with Crippen molar-refractivity contribution in [3.05, 3.63) is 65.2 Å². The lowest BCUT2D eigenvalue weighted by molar-refractivity contribution is -0.141. The minimum Gasteiger partial charge on any atom is -0.354 e. The highest BCUT2D eigenvalue weighted by Gasteiger charge is 2.29. The fraction of sp³-hybridized carbons (Fsp3) is 0.440. The molecule has 2 amide bonds. The average molecular weight is 508 g/mol. The molecule has 1 N–H and O–H groups in total. The molecule has 2 rings (SSSR count). The maximum atomic E-state index is 13.3. The summed E-state index contributed by atoms with van der Waals surface area (Å²) in [6, 6.07) is 15.4. The molecule has 0 aliphatic rings. The van der Waals surface area contributed by atoms with Gasteiger partial charge in [-0.05, 0) is 43.0 Å². The molecule has 0 aliphatic carbocycles. The Balaban J connectivity index is 2.19. The van der Waals surface area contributed by atoms with Gasteiger partial charge in [0.05, 0.1) is 11.9 Å². The maximum absolute atomic E-state index is 13.3. The van der Waals surface area contributed by atoms with Crippen LogP contribution in [0, 0.1) is 0 Å². The molecule has 0 saturated heterocycles. The molecule has 0 spiro atoms. The van der Waals surface area contributed by atoms with Gasteiger partial charge in [-0.25, -0.2) is 8.42 Å². The molecule has 0 aromatic heterocycles. The minimum atomic E-state index is -3.51. The minimum absolute atomic E-state index is 0.0981. The number of nitrogens with zero attached hydrogens (tertiary/aromatic N) is 2. The summed E-state index contributed by atoms with van der Waals surface area (Å²) in [5, 5.41) is 3.41. The van der Waals surface area contributed by atoms with Crippen molar-refractivity contribution in [3.8, 4) is 0 Å². The number of para-hydroxylation sites is 1. The number of benzene rings is 2. The smallest absolute Gasteiger partial charge is 0.242 e. The quantitative estimate of drug-likeness (QED) is 0.439. The van der Waals surface area contributed by atoms with E-state index in [-0.39, 0.29) is 31.3 Å². The Morgan fingerprint density at radius 3 is 2.26 bits per heavy atom. The lowest BCUT2D eigenvalue weighted by Gasteiger charge is -2.31. The lowest BCUT2D eigenvalue weighted by atomic mass is 10.1. The van der Waals surface area contributed by atoms with Gasteiger partial charge in [0.2, 0.25) is 21.8 Å².